The Labute approximate surface area is 190 Å². The van der Waals surface area contributed by atoms with E-state index < -0.39 is 0 Å². The lowest BCUT2D eigenvalue weighted by Gasteiger charge is -2.24. The summed E-state index contributed by atoms with van der Waals surface area (Å²) in [4.78, 5) is 26.7. The van der Waals surface area contributed by atoms with Crippen molar-refractivity contribution in [1.29, 1.82) is 0 Å². The first kappa shape index (κ1) is 21.6. The second kappa shape index (κ2) is 10.6. The second-order valence-corrected chi connectivity index (χ2v) is 9.35. The van der Waals surface area contributed by atoms with Crippen molar-refractivity contribution in [3.8, 4) is 0 Å². The van der Waals surface area contributed by atoms with Crippen LogP contribution in [0.2, 0.25) is 0 Å². The highest BCUT2D eigenvalue weighted by molar-refractivity contribution is 8.00. The van der Waals surface area contributed by atoms with Crippen LogP contribution in [0.1, 0.15) is 32.6 Å². The van der Waals surface area contributed by atoms with E-state index in [2.05, 4.69) is 5.32 Å². The highest BCUT2D eigenvalue weighted by atomic mass is 32.2. The van der Waals surface area contributed by atoms with Gasteiger partial charge in [0.1, 0.15) is 11.1 Å². The zero-order valence-electron chi connectivity index (χ0n) is 17.0. The second-order valence-electron chi connectivity index (χ2n) is 7.18. The standard InChI is InChI=1S/C24H24N2O3S2/c27-22-17-31-24(26(22)15-18-5-2-1-3-6-18)20-10-8-19(9-11-20)23(28)25-12-14-30-16-21-7-4-13-29-21/h1-11,13,24H,12,14-17H2,(H,25,28)/t24-/m1/s1. The maximum Gasteiger partial charge on any atom is 0.251 e. The van der Waals surface area contributed by atoms with Gasteiger partial charge in [-0.05, 0) is 35.4 Å². The van der Waals surface area contributed by atoms with Crippen molar-refractivity contribution in [1.82, 2.24) is 10.2 Å². The molecule has 1 aliphatic heterocycles. The number of rotatable bonds is 9. The third kappa shape index (κ3) is 5.74. The molecule has 0 aliphatic carbocycles. The largest absolute Gasteiger partial charge is 0.468 e. The molecule has 31 heavy (non-hydrogen) atoms. The zero-order chi connectivity index (χ0) is 21.5. The molecule has 2 amide bonds. The summed E-state index contributed by atoms with van der Waals surface area (Å²) in [5.41, 5.74) is 2.78. The van der Waals surface area contributed by atoms with E-state index in [0.29, 0.717) is 24.4 Å². The van der Waals surface area contributed by atoms with Gasteiger partial charge >= 0.3 is 0 Å². The summed E-state index contributed by atoms with van der Waals surface area (Å²) in [5, 5.41) is 2.93. The van der Waals surface area contributed by atoms with Crippen LogP contribution in [0.25, 0.3) is 0 Å². The summed E-state index contributed by atoms with van der Waals surface area (Å²) in [7, 11) is 0. The van der Waals surface area contributed by atoms with E-state index in [1.165, 1.54) is 0 Å². The van der Waals surface area contributed by atoms with Gasteiger partial charge in [-0.15, -0.1) is 11.8 Å². The maximum absolute atomic E-state index is 12.4. The third-order valence-corrected chi connectivity index (χ3v) is 7.22. The minimum absolute atomic E-state index is 0.0252. The Morgan fingerprint density at radius 2 is 1.90 bits per heavy atom. The Hall–Kier alpha value is -2.64. The van der Waals surface area contributed by atoms with Crippen LogP contribution in [-0.2, 0) is 17.1 Å². The van der Waals surface area contributed by atoms with Crippen LogP contribution in [0.4, 0.5) is 0 Å². The van der Waals surface area contributed by atoms with Gasteiger partial charge in [0.25, 0.3) is 5.91 Å². The Kier molecular flexibility index (Phi) is 7.38. The molecule has 7 heteroatoms. The summed E-state index contributed by atoms with van der Waals surface area (Å²) >= 11 is 3.35. The number of amides is 2. The number of benzene rings is 2. The first-order valence-corrected chi connectivity index (χ1v) is 12.3. The summed E-state index contributed by atoms with van der Waals surface area (Å²) < 4.78 is 5.30. The summed E-state index contributed by atoms with van der Waals surface area (Å²) in [6.45, 7) is 1.19. The number of carbonyl (C=O) groups is 2. The van der Waals surface area contributed by atoms with E-state index in [0.717, 1.165) is 28.4 Å². The lowest BCUT2D eigenvalue weighted by Crippen LogP contribution is -2.28. The number of hydrogen-bond acceptors (Lipinski definition) is 5. The Balaban J connectivity index is 1.29. The normalized spacial score (nSPS) is 15.9. The van der Waals surface area contributed by atoms with Crippen molar-refractivity contribution in [3.63, 3.8) is 0 Å². The van der Waals surface area contributed by atoms with Crippen molar-refractivity contribution < 1.29 is 14.0 Å². The molecule has 1 saturated heterocycles. The van der Waals surface area contributed by atoms with E-state index in [4.69, 9.17) is 4.42 Å². The van der Waals surface area contributed by atoms with Crippen molar-refractivity contribution in [2.45, 2.75) is 17.7 Å². The fourth-order valence-corrected chi connectivity index (χ4v) is 5.33. The average Bonchev–Trinajstić information content (AvgIpc) is 3.45. The average molecular weight is 453 g/mol. The lowest BCUT2D eigenvalue weighted by atomic mass is 10.1. The number of carbonyl (C=O) groups excluding carboxylic acids is 2. The minimum atomic E-state index is -0.0820. The van der Waals surface area contributed by atoms with Crippen LogP contribution >= 0.6 is 23.5 Å². The molecule has 4 rings (SSSR count). The molecule has 3 aromatic rings. The highest BCUT2D eigenvalue weighted by Crippen LogP contribution is 2.39. The quantitative estimate of drug-likeness (QED) is 0.476. The molecule has 0 radical (unpaired) electrons. The maximum atomic E-state index is 12.4. The predicted molar refractivity (Wildman–Crippen MR) is 126 cm³/mol. The van der Waals surface area contributed by atoms with Crippen molar-refractivity contribution in [3.05, 3.63) is 95.4 Å². The molecule has 2 heterocycles. The number of nitrogens with zero attached hydrogens (tertiary/aromatic N) is 1. The Morgan fingerprint density at radius 3 is 2.65 bits per heavy atom. The van der Waals surface area contributed by atoms with E-state index in [-0.39, 0.29) is 17.2 Å². The van der Waals surface area contributed by atoms with Gasteiger partial charge < -0.3 is 14.6 Å². The first-order valence-electron chi connectivity index (χ1n) is 10.1. The monoisotopic (exact) mass is 452 g/mol. The molecule has 1 fully saturated rings. The predicted octanol–water partition coefficient (Wildman–Crippen LogP) is 4.72. The van der Waals surface area contributed by atoms with Gasteiger partial charge in [-0.1, -0.05) is 42.5 Å². The molecule has 160 valence electrons. The van der Waals surface area contributed by atoms with E-state index in [1.807, 2.05) is 71.6 Å². The van der Waals surface area contributed by atoms with Crippen LogP contribution in [0.3, 0.4) is 0 Å². The molecule has 0 bridgehead atoms. The van der Waals surface area contributed by atoms with Crippen LogP contribution < -0.4 is 5.32 Å². The van der Waals surface area contributed by atoms with Gasteiger partial charge in [0.15, 0.2) is 0 Å². The molecular weight excluding hydrogens is 428 g/mol. The third-order valence-electron chi connectivity index (χ3n) is 4.98. The van der Waals surface area contributed by atoms with Gasteiger partial charge in [-0.25, -0.2) is 0 Å². The van der Waals surface area contributed by atoms with Crippen molar-refractivity contribution in [2.75, 3.05) is 18.1 Å². The molecule has 1 aromatic heterocycles. The highest BCUT2D eigenvalue weighted by Gasteiger charge is 2.32. The molecule has 0 saturated carbocycles. The molecule has 1 atom stereocenters. The molecule has 0 unspecified atom stereocenters. The van der Waals surface area contributed by atoms with Crippen molar-refractivity contribution >= 4 is 35.3 Å². The summed E-state index contributed by atoms with van der Waals surface area (Å²) in [5.74, 6) is 3.11. The minimum Gasteiger partial charge on any atom is -0.468 e. The van der Waals surface area contributed by atoms with Gasteiger partial charge in [0, 0.05) is 24.4 Å². The smallest absolute Gasteiger partial charge is 0.251 e. The van der Waals surface area contributed by atoms with Gasteiger partial charge in [0.05, 0.1) is 17.8 Å². The van der Waals surface area contributed by atoms with Crippen LogP contribution in [0, 0.1) is 0 Å². The van der Waals surface area contributed by atoms with Gasteiger partial charge in [-0.3, -0.25) is 9.59 Å². The van der Waals surface area contributed by atoms with E-state index >= 15 is 0 Å². The molecular formula is C24H24N2O3S2. The fraction of sp³-hybridized carbons (Fsp3) is 0.250. The Bertz CT molecular complexity index is 991. The van der Waals surface area contributed by atoms with E-state index in [9.17, 15) is 9.59 Å². The van der Waals surface area contributed by atoms with Crippen LogP contribution in [0.15, 0.2) is 77.4 Å². The van der Waals surface area contributed by atoms with Gasteiger partial charge in [0.2, 0.25) is 5.91 Å². The fourth-order valence-electron chi connectivity index (χ4n) is 3.39. The van der Waals surface area contributed by atoms with Gasteiger partial charge in [-0.2, -0.15) is 11.8 Å². The summed E-state index contributed by atoms with van der Waals surface area (Å²) in [6, 6.07) is 21.4. The molecule has 1 N–H and O–H groups in total. The SMILES string of the molecule is O=C(NCCSCc1ccco1)c1ccc([C@H]2SCC(=O)N2Cc2ccccc2)cc1. The van der Waals surface area contributed by atoms with E-state index in [1.54, 1.807) is 29.8 Å². The summed E-state index contributed by atoms with van der Waals surface area (Å²) in [6.07, 6.45) is 1.67. The van der Waals surface area contributed by atoms with Crippen LogP contribution in [-0.4, -0.2) is 34.8 Å². The molecule has 0 spiro atoms. The number of nitrogens with one attached hydrogen (secondary N) is 1. The Morgan fingerprint density at radius 1 is 1.10 bits per heavy atom. The zero-order valence-corrected chi connectivity index (χ0v) is 18.7. The topological polar surface area (TPSA) is 62.6 Å². The lowest BCUT2D eigenvalue weighted by molar-refractivity contribution is -0.128. The molecule has 2 aromatic carbocycles. The van der Waals surface area contributed by atoms with Crippen LogP contribution in [0.5, 0.6) is 0 Å². The number of hydrogen-bond donors (Lipinski definition) is 1. The number of furan rings is 1. The number of thioether (sulfide) groups is 2. The van der Waals surface area contributed by atoms with Crippen molar-refractivity contribution in [2.24, 2.45) is 0 Å². The first-order chi connectivity index (χ1) is 15.2. The molecule has 1 aliphatic rings. The molecule has 5 nitrogen and oxygen atoms in total.